The van der Waals surface area contributed by atoms with Crippen LogP contribution >= 0.6 is 23.2 Å². The number of halogens is 5. The second kappa shape index (κ2) is 10.7. The Morgan fingerprint density at radius 2 is 1.76 bits per heavy atom. The topological polar surface area (TPSA) is 130 Å². The molecule has 2 aromatic carbocycles. The average Bonchev–Trinajstić information content (AvgIpc) is 2.78. The molecule has 1 fully saturated rings. The molecule has 33 heavy (non-hydrogen) atoms. The number of ether oxygens (including phenoxy) is 2. The van der Waals surface area contributed by atoms with Crippen molar-refractivity contribution in [2.45, 2.75) is 30.6 Å². The van der Waals surface area contributed by atoms with Crippen LogP contribution in [0.1, 0.15) is 5.56 Å². The number of nitrogens with two attached hydrogens (primary N) is 1. The Kier molecular flexibility index (Phi) is 8.16. The van der Waals surface area contributed by atoms with Crippen molar-refractivity contribution in [2.24, 2.45) is 15.9 Å². The van der Waals surface area contributed by atoms with Crippen molar-refractivity contribution in [3.63, 3.8) is 0 Å². The van der Waals surface area contributed by atoms with E-state index in [-0.39, 0.29) is 27.1 Å². The van der Waals surface area contributed by atoms with Crippen LogP contribution in [0.5, 0.6) is 5.75 Å². The summed E-state index contributed by atoms with van der Waals surface area (Å²) < 4.78 is 51.3. The Bertz CT molecular complexity index is 1050. The summed E-state index contributed by atoms with van der Waals surface area (Å²) >= 11 is 11.8. The van der Waals surface area contributed by atoms with Gasteiger partial charge in [-0.2, -0.15) is 5.10 Å². The maximum atomic E-state index is 13.6. The quantitative estimate of drug-likeness (QED) is 0.205. The van der Waals surface area contributed by atoms with Gasteiger partial charge in [0.1, 0.15) is 35.8 Å². The van der Waals surface area contributed by atoms with Crippen molar-refractivity contribution in [3.05, 3.63) is 63.4 Å². The summed E-state index contributed by atoms with van der Waals surface area (Å²) in [6.07, 6.45) is -4.75. The van der Waals surface area contributed by atoms with Gasteiger partial charge in [-0.05, 0) is 24.3 Å². The van der Waals surface area contributed by atoms with Crippen molar-refractivity contribution < 1.29 is 38.0 Å². The number of aliphatic imine (C=N–C) groups is 1. The highest BCUT2D eigenvalue weighted by Gasteiger charge is 2.45. The zero-order valence-electron chi connectivity index (χ0n) is 16.6. The lowest BCUT2D eigenvalue weighted by molar-refractivity contribution is -0.247. The second-order valence-electron chi connectivity index (χ2n) is 6.94. The number of hydrogen-bond donors (Lipinski definition) is 4. The molecule has 0 bridgehead atoms. The highest BCUT2D eigenvalue weighted by atomic mass is 35.5. The summed E-state index contributed by atoms with van der Waals surface area (Å²) in [7, 11) is 0. The molecule has 0 saturated carbocycles. The van der Waals surface area contributed by atoms with E-state index in [9.17, 15) is 28.5 Å². The van der Waals surface area contributed by atoms with Crippen molar-refractivity contribution in [1.82, 2.24) is 0 Å². The van der Waals surface area contributed by atoms with Crippen LogP contribution in [-0.4, -0.2) is 64.5 Å². The molecule has 1 heterocycles. The summed E-state index contributed by atoms with van der Waals surface area (Å²) in [6.45, 7) is -0.645. The van der Waals surface area contributed by atoms with Gasteiger partial charge in [0, 0.05) is 17.8 Å². The lowest BCUT2D eigenvalue weighted by Crippen LogP contribution is -2.59. The highest BCUT2D eigenvalue weighted by molar-refractivity contribution is 6.42. The van der Waals surface area contributed by atoms with E-state index in [0.717, 1.165) is 6.21 Å². The molecule has 0 aromatic heterocycles. The van der Waals surface area contributed by atoms with Crippen LogP contribution in [-0.2, 0) is 4.74 Å². The first-order chi connectivity index (χ1) is 15.7. The van der Waals surface area contributed by atoms with Crippen LogP contribution in [0.2, 0.25) is 10.0 Å². The van der Waals surface area contributed by atoms with E-state index in [1.54, 1.807) is 0 Å². The minimum atomic E-state index is -1.67. The molecule has 8 nitrogen and oxygen atoms in total. The van der Waals surface area contributed by atoms with E-state index in [0.29, 0.717) is 12.1 Å². The molecule has 0 radical (unpaired) electrons. The van der Waals surface area contributed by atoms with Crippen LogP contribution in [0.25, 0.3) is 0 Å². The Labute approximate surface area is 195 Å². The number of rotatable bonds is 6. The zero-order chi connectivity index (χ0) is 24.3. The molecular formula is C20H18Cl2F3N3O5. The molecule has 0 amide bonds. The first-order valence-electron chi connectivity index (χ1n) is 9.36. The number of hydrogen-bond acceptors (Lipinski definition) is 8. The number of hydrazone groups is 1. The van der Waals surface area contributed by atoms with Gasteiger partial charge in [-0.15, -0.1) is 0 Å². The Hall–Kier alpha value is -2.41. The van der Waals surface area contributed by atoms with E-state index in [4.69, 9.17) is 38.5 Å². The summed E-state index contributed by atoms with van der Waals surface area (Å²) in [4.78, 5) is 4.00. The molecule has 3 unspecified atom stereocenters. The van der Waals surface area contributed by atoms with E-state index < -0.39 is 54.7 Å². The van der Waals surface area contributed by atoms with Gasteiger partial charge in [0.15, 0.2) is 17.5 Å². The predicted molar refractivity (Wildman–Crippen MR) is 114 cm³/mol. The third kappa shape index (κ3) is 5.57. The molecule has 178 valence electrons. The van der Waals surface area contributed by atoms with Crippen molar-refractivity contribution in [3.8, 4) is 5.75 Å². The standard InChI is InChI=1S/C20H18Cl2F3N3O5/c21-10-2-1-9(5-11(10)22)32-20-19(31)17(18(30)15(7-29)33-20)27-6-14(28-26)8-3-12(23)16(25)13(24)4-8/h1-6,15,17-20,29-31H,7,26H2/t15?,17?,18-,19?,20-/m0/s1. The zero-order valence-corrected chi connectivity index (χ0v) is 18.1. The van der Waals surface area contributed by atoms with Crippen LogP contribution in [0.3, 0.4) is 0 Å². The summed E-state index contributed by atoms with van der Waals surface area (Å²) in [6, 6.07) is 4.25. The number of aliphatic hydroxyl groups is 3. The molecule has 3 rings (SSSR count). The number of benzene rings is 2. The third-order valence-electron chi connectivity index (χ3n) is 4.78. The maximum Gasteiger partial charge on any atom is 0.228 e. The highest BCUT2D eigenvalue weighted by Crippen LogP contribution is 2.30. The SMILES string of the molecule is NN=C(C=NC1C(O)[C@@H](Oc2ccc(Cl)c(Cl)c2)OC(CO)[C@@H]1O)c1cc(F)c(F)c(F)c1. The minimum Gasteiger partial charge on any atom is -0.462 e. The molecule has 5 N–H and O–H groups in total. The van der Waals surface area contributed by atoms with Crippen molar-refractivity contribution >= 4 is 35.1 Å². The second-order valence-corrected chi connectivity index (χ2v) is 7.75. The molecule has 1 aliphatic rings. The fraction of sp³-hybridized carbons (Fsp3) is 0.300. The van der Waals surface area contributed by atoms with E-state index in [2.05, 4.69) is 10.1 Å². The van der Waals surface area contributed by atoms with Crippen molar-refractivity contribution in [2.75, 3.05) is 6.61 Å². The van der Waals surface area contributed by atoms with Crippen LogP contribution in [0.4, 0.5) is 13.2 Å². The van der Waals surface area contributed by atoms with Gasteiger partial charge in [-0.25, -0.2) is 13.2 Å². The number of nitrogens with zero attached hydrogens (tertiary/aromatic N) is 2. The lowest BCUT2D eigenvalue weighted by Gasteiger charge is -2.40. The Morgan fingerprint density at radius 3 is 2.33 bits per heavy atom. The minimum absolute atomic E-state index is 0.172. The summed E-state index contributed by atoms with van der Waals surface area (Å²) in [5.41, 5.74) is -0.516. The van der Waals surface area contributed by atoms with Crippen LogP contribution < -0.4 is 10.6 Å². The third-order valence-corrected chi connectivity index (χ3v) is 5.52. The first-order valence-corrected chi connectivity index (χ1v) is 10.1. The summed E-state index contributed by atoms with van der Waals surface area (Å²) in [5, 5.41) is 34.5. The van der Waals surface area contributed by atoms with Crippen molar-refractivity contribution in [1.29, 1.82) is 0 Å². The van der Waals surface area contributed by atoms with Crippen LogP contribution in [0.15, 0.2) is 40.4 Å². The Morgan fingerprint density at radius 1 is 1.09 bits per heavy atom. The van der Waals surface area contributed by atoms with E-state index >= 15 is 0 Å². The molecule has 0 aliphatic carbocycles. The molecule has 1 aliphatic heterocycles. The van der Waals surface area contributed by atoms with Gasteiger partial charge in [-0.1, -0.05) is 23.2 Å². The largest absolute Gasteiger partial charge is 0.462 e. The first kappa shape index (κ1) is 25.2. The summed E-state index contributed by atoms with van der Waals surface area (Å²) in [5.74, 6) is 0.816. The van der Waals surface area contributed by atoms with E-state index in [1.807, 2.05) is 0 Å². The molecule has 13 heteroatoms. The number of aliphatic hydroxyl groups excluding tert-OH is 3. The fourth-order valence-corrected chi connectivity index (χ4v) is 3.36. The molecule has 1 saturated heterocycles. The molecule has 5 atom stereocenters. The molecular weight excluding hydrogens is 490 g/mol. The van der Waals surface area contributed by atoms with Gasteiger partial charge < -0.3 is 30.6 Å². The molecule has 2 aromatic rings. The lowest BCUT2D eigenvalue weighted by atomic mass is 9.96. The molecule has 0 spiro atoms. The maximum absolute atomic E-state index is 13.6. The smallest absolute Gasteiger partial charge is 0.228 e. The van der Waals surface area contributed by atoms with Gasteiger partial charge in [-0.3, -0.25) is 4.99 Å². The van der Waals surface area contributed by atoms with Gasteiger partial charge >= 0.3 is 0 Å². The normalized spacial score (nSPS) is 26.1. The average molecular weight is 508 g/mol. The monoisotopic (exact) mass is 507 g/mol. The fourth-order valence-electron chi connectivity index (χ4n) is 3.07. The van der Waals surface area contributed by atoms with Gasteiger partial charge in [0.25, 0.3) is 0 Å². The van der Waals surface area contributed by atoms with E-state index in [1.165, 1.54) is 18.2 Å². The predicted octanol–water partition coefficient (Wildman–Crippen LogP) is 2.03. The van der Waals surface area contributed by atoms with Gasteiger partial charge in [0.05, 0.1) is 16.7 Å². The van der Waals surface area contributed by atoms with Crippen LogP contribution in [0, 0.1) is 17.5 Å². The van der Waals surface area contributed by atoms with Gasteiger partial charge in [0.2, 0.25) is 6.29 Å². The Balaban J connectivity index is 1.86.